The molecule has 2 saturated heterocycles. The number of nitrogens with one attached hydrogen (secondary N) is 2. The Bertz CT molecular complexity index is 868. The van der Waals surface area contributed by atoms with E-state index in [0.717, 1.165) is 0 Å². The molecule has 0 bridgehead atoms. The second-order valence-electron chi connectivity index (χ2n) is 8.78. The predicted molar refractivity (Wildman–Crippen MR) is 106 cm³/mol. The fourth-order valence-corrected chi connectivity index (χ4v) is 4.13. The highest BCUT2D eigenvalue weighted by Gasteiger charge is 2.54. The van der Waals surface area contributed by atoms with E-state index in [1.54, 1.807) is 15.9 Å². The van der Waals surface area contributed by atoms with Crippen LogP contribution in [0.25, 0.3) is 0 Å². The summed E-state index contributed by atoms with van der Waals surface area (Å²) >= 11 is 0. The van der Waals surface area contributed by atoms with Gasteiger partial charge in [-0.15, -0.1) is 0 Å². The number of aromatic nitrogens is 2. The topological polar surface area (TPSA) is 115 Å². The molecule has 2 fully saturated rings. The van der Waals surface area contributed by atoms with E-state index in [2.05, 4.69) is 15.3 Å². The quantitative estimate of drug-likeness (QED) is 0.716. The van der Waals surface area contributed by atoms with Crippen LogP contribution in [0.5, 0.6) is 0 Å². The van der Waals surface area contributed by atoms with E-state index in [1.165, 1.54) is 0 Å². The summed E-state index contributed by atoms with van der Waals surface area (Å²) in [5, 5.41) is 2.43. The lowest BCUT2D eigenvalue weighted by Crippen LogP contribution is -2.58. The molecule has 9 nitrogen and oxygen atoms in total. The number of piperidine rings is 1. The van der Waals surface area contributed by atoms with Crippen molar-refractivity contribution in [3.05, 3.63) is 27.9 Å². The molecular weight excluding hydrogens is 374 g/mol. The Kier molecular flexibility index (Phi) is 5.77. The Labute approximate surface area is 169 Å². The molecular formula is C20H29N5O4. The van der Waals surface area contributed by atoms with Gasteiger partial charge in [0, 0.05) is 25.3 Å². The number of imide groups is 1. The molecule has 2 aliphatic rings. The van der Waals surface area contributed by atoms with Gasteiger partial charge in [0.25, 0.3) is 11.8 Å². The third-order valence-corrected chi connectivity index (χ3v) is 5.48. The number of hydrogen-bond acceptors (Lipinski definition) is 5. The van der Waals surface area contributed by atoms with Crippen LogP contribution in [0.15, 0.2) is 10.9 Å². The summed E-state index contributed by atoms with van der Waals surface area (Å²) in [7, 11) is 0. The standard InChI is InChI=1S/C20H29N5O4/c1-12(2)9-14-10-15(22-18(28)21-14)16(26)24-7-5-20(6-8-24)17(27)23-19(29)25(20)11-13(3)4/h10,12-13H,5-9,11H2,1-4H3,(H,21,22,28)(H,23,27,29). The summed E-state index contributed by atoms with van der Waals surface area (Å²) in [6.07, 6.45) is 1.38. The highest BCUT2D eigenvalue weighted by Crippen LogP contribution is 2.34. The van der Waals surface area contributed by atoms with E-state index < -0.39 is 11.2 Å². The molecule has 2 N–H and O–H groups in total. The molecule has 4 amide bonds. The van der Waals surface area contributed by atoms with Crippen LogP contribution < -0.4 is 11.0 Å². The number of H-pyrrole nitrogens is 1. The van der Waals surface area contributed by atoms with Crippen molar-refractivity contribution in [2.24, 2.45) is 11.8 Å². The molecule has 158 valence electrons. The molecule has 0 aromatic carbocycles. The van der Waals surface area contributed by atoms with Crippen LogP contribution in [0.4, 0.5) is 4.79 Å². The van der Waals surface area contributed by atoms with Gasteiger partial charge in [-0.05, 0) is 37.2 Å². The van der Waals surface area contributed by atoms with Crippen molar-refractivity contribution >= 4 is 17.8 Å². The van der Waals surface area contributed by atoms with Gasteiger partial charge in [0.2, 0.25) is 0 Å². The second kappa shape index (κ2) is 7.96. The third kappa shape index (κ3) is 4.18. The van der Waals surface area contributed by atoms with E-state index >= 15 is 0 Å². The van der Waals surface area contributed by atoms with Gasteiger partial charge in [-0.25, -0.2) is 9.59 Å². The summed E-state index contributed by atoms with van der Waals surface area (Å²) < 4.78 is 0. The second-order valence-corrected chi connectivity index (χ2v) is 8.78. The first kappa shape index (κ1) is 21.0. The number of urea groups is 1. The zero-order valence-electron chi connectivity index (χ0n) is 17.4. The summed E-state index contributed by atoms with van der Waals surface area (Å²) in [4.78, 5) is 59.4. The lowest BCUT2D eigenvalue weighted by Gasteiger charge is -2.42. The summed E-state index contributed by atoms with van der Waals surface area (Å²) in [6, 6.07) is 1.27. The number of carbonyl (C=O) groups excluding carboxylic acids is 3. The number of nitrogens with zero attached hydrogens (tertiary/aromatic N) is 3. The van der Waals surface area contributed by atoms with Crippen LogP contribution in [0.2, 0.25) is 0 Å². The fraction of sp³-hybridized carbons (Fsp3) is 0.650. The van der Waals surface area contributed by atoms with Gasteiger partial charge >= 0.3 is 11.7 Å². The van der Waals surface area contributed by atoms with Crippen molar-refractivity contribution in [3.63, 3.8) is 0 Å². The Morgan fingerprint density at radius 1 is 1.14 bits per heavy atom. The van der Waals surface area contributed by atoms with Gasteiger partial charge in [-0.2, -0.15) is 4.98 Å². The van der Waals surface area contributed by atoms with Crippen molar-refractivity contribution in [2.45, 2.75) is 52.5 Å². The molecule has 0 unspecified atom stereocenters. The first-order valence-corrected chi connectivity index (χ1v) is 10.1. The smallest absolute Gasteiger partial charge is 0.337 e. The Hall–Kier alpha value is -2.71. The van der Waals surface area contributed by atoms with Gasteiger partial charge in [0.05, 0.1) is 0 Å². The van der Waals surface area contributed by atoms with Crippen molar-refractivity contribution in [3.8, 4) is 0 Å². The van der Waals surface area contributed by atoms with Crippen LogP contribution in [-0.4, -0.2) is 62.8 Å². The van der Waals surface area contributed by atoms with Gasteiger partial charge < -0.3 is 14.8 Å². The van der Waals surface area contributed by atoms with Crippen LogP contribution >= 0.6 is 0 Å². The lowest BCUT2D eigenvalue weighted by atomic mass is 9.85. The summed E-state index contributed by atoms with van der Waals surface area (Å²) in [6.45, 7) is 9.18. The SMILES string of the molecule is CC(C)Cc1cc(C(=O)N2CCC3(CC2)C(=O)NC(=O)N3CC(C)C)nc(=O)[nH]1. The van der Waals surface area contributed by atoms with Crippen molar-refractivity contribution in [1.29, 1.82) is 0 Å². The minimum atomic E-state index is -0.900. The average Bonchev–Trinajstić information content (AvgIpc) is 2.84. The third-order valence-electron chi connectivity index (χ3n) is 5.48. The molecule has 1 spiro atoms. The minimum Gasteiger partial charge on any atom is -0.337 e. The molecule has 0 radical (unpaired) electrons. The average molecular weight is 403 g/mol. The Morgan fingerprint density at radius 2 is 1.79 bits per heavy atom. The van der Waals surface area contributed by atoms with Crippen molar-refractivity contribution in [2.75, 3.05) is 19.6 Å². The minimum absolute atomic E-state index is 0.117. The molecule has 2 aliphatic heterocycles. The maximum absolute atomic E-state index is 12.9. The van der Waals surface area contributed by atoms with Gasteiger partial charge in [-0.1, -0.05) is 27.7 Å². The molecule has 1 aromatic heterocycles. The first-order valence-electron chi connectivity index (χ1n) is 10.1. The molecule has 0 atom stereocenters. The van der Waals surface area contributed by atoms with Crippen LogP contribution in [0.1, 0.15) is 56.7 Å². The molecule has 1 aromatic rings. The highest BCUT2D eigenvalue weighted by atomic mass is 16.2. The van der Waals surface area contributed by atoms with Gasteiger partial charge in [0.1, 0.15) is 11.2 Å². The number of carbonyl (C=O) groups is 3. The maximum Gasteiger partial charge on any atom is 0.345 e. The Morgan fingerprint density at radius 3 is 2.38 bits per heavy atom. The predicted octanol–water partition coefficient (Wildman–Crippen LogP) is 1.15. The normalized spacial score (nSPS) is 18.8. The van der Waals surface area contributed by atoms with Crippen molar-refractivity contribution < 1.29 is 14.4 Å². The van der Waals surface area contributed by atoms with Gasteiger partial charge in [0.15, 0.2) is 0 Å². The van der Waals surface area contributed by atoms with Crippen LogP contribution in [-0.2, 0) is 11.2 Å². The largest absolute Gasteiger partial charge is 0.345 e. The number of rotatable bonds is 5. The molecule has 9 heteroatoms. The van der Waals surface area contributed by atoms with Crippen LogP contribution in [0.3, 0.4) is 0 Å². The zero-order valence-corrected chi connectivity index (χ0v) is 17.4. The summed E-state index contributed by atoms with van der Waals surface area (Å²) in [5.74, 6) is -0.0566. The highest BCUT2D eigenvalue weighted by molar-refractivity contribution is 6.07. The van der Waals surface area contributed by atoms with E-state index in [-0.39, 0.29) is 29.5 Å². The lowest BCUT2D eigenvalue weighted by molar-refractivity contribution is -0.129. The number of amides is 4. The zero-order chi connectivity index (χ0) is 21.3. The van der Waals surface area contributed by atoms with Crippen LogP contribution in [0, 0.1) is 11.8 Å². The van der Waals surface area contributed by atoms with Crippen molar-refractivity contribution in [1.82, 2.24) is 25.1 Å². The number of likely N-dealkylation sites (tertiary alicyclic amines) is 1. The van der Waals surface area contributed by atoms with E-state index in [0.29, 0.717) is 50.5 Å². The number of hydrogen-bond donors (Lipinski definition) is 2. The maximum atomic E-state index is 12.9. The first-order chi connectivity index (χ1) is 13.6. The number of aromatic amines is 1. The molecule has 0 saturated carbocycles. The van der Waals surface area contributed by atoms with Gasteiger partial charge in [-0.3, -0.25) is 14.9 Å². The molecule has 0 aliphatic carbocycles. The molecule has 29 heavy (non-hydrogen) atoms. The molecule has 3 heterocycles. The van der Waals surface area contributed by atoms with E-state index in [4.69, 9.17) is 0 Å². The monoisotopic (exact) mass is 403 g/mol. The summed E-state index contributed by atoms with van der Waals surface area (Å²) in [5.41, 5.74) is -0.640. The molecule has 3 rings (SSSR count). The van der Waals surface area contributed by atoms with E-state index in [9.17, 15) is 19.2 Å². The van der Waals surface area contributed by atoms with E-state index in [1.807, 2.05) is 27.7 Å². The Balaban J connectivity index is 1.76. The fourth-order valence-electron chi connectivity index (χ4n) is 4.13.